The van der Waals surface area contributed by atoms with E-state index in [1.165, 1.54) is 54.8 Å². The molecule has 3 heterocycles. The summed E-state index contributed by atoms with van der Waals surface area (Å²) >= 11 is 0. The van der Waals surface area contributed by atoms with Crippen molar-refractivity contribution in [2.75, 3.05) is 16.5 Å². The predicted molar refractivity (Wildman–Crippen MR) is 287 cm³/mol. The van der Waals surface area contributed by atoms with E-state index in [4.69, 9.17) is 4.98 Å². The topological polar surface area (TPSA) is 24.3 Å². The van der Waals surface area contributed by atoms with Crippen molar-refractivity contribution in [3.8, 4) is 39.2 Å². The first-order valence-corrected chi connectivity index (χ1v) is 25.5. The Morgan fingerprint density at radius 2 is 1.06 bits per heavy atom. The van der Waals surface area contributed by atoms with E-state index in [0.29, 0.717) is 6.04 Å². The summed E-state index contributed by atoms with van der Waals surface area (Å²) in [5, 5.41) is 7.18. The van der Waals surface area contributed by atoms with Crippen LogP contribution in [0.1, 0.15) is 13.8 Å². The fraction of sp³-hybridized carbons (Fsp3) is 0.0635. The van der Waals surface area contributed by atoms with Crippen LogP contribution in [-0.4, -0.2) is 30.3 Å². The molecule has 0 N–H and O–H groups in total. The van der Waals surface area contributed by atoms with Gasteiger partial charge in [-0.25, -0.2) is 4.98 Å². The number of hydrogen-bond acceptors (Lipinski definition) is 3. The van der Waals surface area contributed by atoms with E-state index in [1.807, 2.05) is 6.20 Å². The summed E-state index contributed by atoms with van der Waals surface area (Å²) in [6.45, 7) is 5.30. The maximum Gasteiger partial charge on any atom is 2.00 e. The molecule has 9 aromatic carbocycles. The number of benzene rings is 9. The molecule has 0 spiro atoms. The van der Waals surface area contributed by atoms with Crippen LogP contribution in [0.15, 0.2) is 237 Å². The van der Waals surface area contributed by atoms with Crippen LogP contribution in [0.25, 0.3) is 61.0 Å². The fourth-order valence-corrected chi connectivity index (χ4v) is 15.2. The largest absolute Gasteiger partial charge is 2.00 e. The number of pyridine rings is 1. The Balaban J connectivity index is 0.00000520. The van der Waals surface area contributed by atoms with Gasteiger partial charge >= 0.3 is 21.1 Å². The third-order valence-electron chi connectivity index (χ3n) is 13.8. The number of rotatable bonds is 10. The molecule has 0 saturated heterocycles. The van der Waals surface area contributed by atoms with Gasteiger partial charge in [0.2, 0.25) is 0 Å². The van der Waals surface area contributed by atoms with Crippen molar-refractivity contribution >= 4 is 67.7 Å². The molecular formula is C63H48N4PtSi. The predicted octanol–water partition coefficient (Wildman–Crippen LogP) is 12.5. The van der Waals surface area contributed by atoms with Gasteiger partial charge in [-0.3, -0.25) is 0 Å². The molecular weight excluding hydrogens is 1040 g/mol. The van der Waals surface area contributed by atoms with Crippen LogP contribution in [0.3, 0.4) is 0 Å². The van der Waals surface area contributed by atoms with Gasteiger partial charge in [-0.1, -0.05) is 181 Å². The fourth-order valence-electron chi connectivity index (χ4n) is 10.7. The Morgan fingerprint density at radius 1 is 0.493 bits per heavy atom. The molecule has 0 atom stereocenters. The van der Waals surface area contributed by atoms with Crippen molar-refractivity contribution in [1.82, 2.24) is 9.55 Å². The number of hydrogen-bond donors (Lipinski definition) is 0. The van der Waals surface area contributed by atoms with Gasteiger partial charge in [0.05, 0.1) is 18.0 Å². The van der Waals surface area contributed by atoms with Crippen LogP contribution in [0.5, 0.6) is 0 Å². The molecule has 11 aromatic rings. The van der Waals surface area contributed by atoms with Crippen LogP contribution >= 0.6 is 0 Å². The van der Waals surface area contributed by atoms with E-state index in [1.54, 1.807) is 0 Å². The molecule has 4 nitrogen and oxygen atoms in total. The third kappa shape index (κ3) is 7.54. The summed E-state index contributed by atoms with van der Waals surface area (Å²) in [5.41, 5.74) is 12.6. The van der Waals surface area contributed by atoms with Gasteiger partial charge in [-0.05, 0) is 93.3 Å². The van der Waals surface area contributed by atoms with Crippen LogP contribution in [0, 0.1) is 12.1 Å². The summed E-state index contributed by atoms with van der Waals surface area (Å²) < 4.78 is 2.34. The average Bonchev–Trinajstić information content (AvgIpc) is 3.97. The second-order valence-electron chi connectivity index (χ2n) is 17.9. The van der Waals surface area contributed by atoms with Crippen LogP contribution in [0.2, 0.25) is 0 Å². The summed E-state index contributed by atoms with van der Waals surface area (Å²) in [5.74, 6) is 0.839. The molecule has 69 heavy (non-hydrogen) atoms. The molecule has 0 aliphatic carbocycles. The number of para-hydroxylation sites is 3. The van der Waals surface area contributed by atoms with Crippen molar-refractivity contribution in [2.24, 2.45) is 0 Å². The van der Waals surface area contributed by atoms with E-state index in [0.717, 1.165) is 50.7 Å². The van der Waals surface area contributed by atoms with Crippen molar-refractivity contribution in [3.63, 3.8) is 0 Å². The summed E-state index contributed by atoms with van der Waals surface area (Å²) in [4.78, 5) is 10.1. The Morgan fingerprint density at radius 3 is 1.71 bits per heavy atom. The van der Waals surface area contributed by atoms with Crippen molar-refractivity contribution < 1.29 is 21.1 Å². The zero-order chi connectivity index (χ0) is 45.6. The molecule has 0 radical (unpaired) electrons. The molecule has 0 amide bonds. The van der Waals surface area contributed by atoms with Crippen molar-refractivity contribution in [3.05, 3.63) is 249 Å². The molecule has 1 aliphatic heterocycles. The Kier molecular flexibility index (Phi) is 11.8. The normalized spacial score (nSPS) is 12.4. The van der Waals surface area contributed by atoms with Crippen LogP contribution in [-0.2, 0) is 21.1 Å². The van der Waals surface area contributed by atoms with Gasteiger partial charge in [-0.15, -0.1) is 11.5 Å². The van der Waals surface area contributed by atoms with Crippen LogP contribution < -0.4 is 30.5 Å². The second kappa shape index (κ2) is 18.5. The number of fused-ring (bicyclic) bond motifs is 4. The molecule has 334 valence electrons. The first-order valence-electron chi connectivity index (χ1n) is 23.5. The van der Waals surface area contributed by atoms with Gasteiger partial charge in [0.25, 0.3) is 0 Å². The van der Waals surface area contributed by atoms with Gasteiger partial charge in [0.15, 0.2) is 0 Å². The Labute approximate surface area is 420 Å². The van der Waals surface area contributed by atoms with Gasteiger partial charge in [0.1, 0.15) is 13.9 Å². The molecule has 2 aromatic heterocycles. The minimum atomic E-state index is -3.14. The second-order valence-corrected chi connectivity index (χ2v) is 21.6. The minimum Gasteiger partial charge on any atom is -0.349 e. The van der Waals surface area contributed by atoms with E-state index < -0.39 is 8.07 Å². The molecule has 0 unspecified atom stereocenters. The van der Waals surface area contributed by atoms with Crippen molar-refractivity contribution in [1.29, 1.82) is 0 Å². The van der Waals surface area contributed by atoms with Crippen molar-refractivity contribution in [2.45, 2.75) is 19.9 Å². The maximum absolute atomic E-state index is 5.21. The zero-order valence-corrected chi connectivity index (χ0v) is 41.7. The van der Waals surface area contributed by atoms with Gasteiger partial charge in [-0.2, -0.15) is 46.8 Å². The minimum absolute atomic E-state index is 0. The molecule has 0 fully saturated rings. The number of nitrogens with zero attached hydrogens (tertiary/aromatic N) is 4. The zero-order valence-electron chi connectivity index (χ0n) is 38.4. The Hall–Kier alpha value is -7.56. The molecule has 1 aliphatic rings. The number of anilines is 3. The van der Waals surface area contributed by atoms with E-state index in [-0.39, 0.29) is 21.1 Å². The standard InChI is InChI=1S/C63H48N4Si.Pt/c1-45(2)65-44-66(60-36-18-17-35-59(60)65)49-25-19-30-52(42-49)68(50-26-11-5-12-27-50,51-28-13-6-14-29-51)53-37-38-57-56-31-15-16-34-58(56)67(61(57)43-53)62-41-48(39-40-64-62)63-54(46-21-7-3-8-22-46)32-20-33-55(63)47-23-9-4-10-24-47;/h3-41,45H,44H2,1-2H3;/q-2;+2. The van der Waals surface area contributed by atoms with E-state index in [2.05, 4.69) is 271 Å². The SMILES string of the molecule is CC(C)N1CN(c2[c-]c([Si](c3[c-]c4c(cc3)c3ccccc3n4-c3cc(-c4c(-c5ccccc5)cccc4-c4ccccc4)ccn3)(c3ccccc3)c3ccccc3)ccc2)c2ccccc21.[Pt+2]. The summed E-state index contributed by atoms with van der Waals surface area (Å²) in [6.07, 6.45) is 1.97. The van der Waals surface area contributed by atoms with E-state index in [9.17, 15) is 0 Å². The quantitative estimate of drug-likeness (QED) is 0.0775. The summed E-state index contributed by atoms with van der Waals surface area (Å²) in [6, 6.07) is 92.4. The van der Waals surface area contributed by atoms with Gasteiger partial charge in [0, 0.05) is 17.8 Å². The van der Waals surface area contributed by atoms with Crippen LogP contribution in [0.4, 0.5) is 17.1 Å². The first kappa shape index (κ1) is 44.0. The average molecular weight is 1080 g/mol. The third-order valence-corrected chi connectivity index (χ3v) is 18.4. The maximum atomic E-state index is 5.21. The first-order chi connectivity index (χ1) is 33.6. The molecule has 12 rings (SSSR count). The monoisotopic (exact) mass is 1080 g/mol. The molecule has 0 saturated carbocycles. The van der Waals surface area contributed by atoms with E-state index >= 15 is 0 Å². The smallest absolute Gasteiger partial charge is 0.349 e. The summed E-state index contributed by atoms with van der Waals surface area (Å²) in [7, 11) is -3.14. The Bertz CT molecular complexity index is 3500. The number of aromatic nitrogens is 2. The molecule has 0 bridgehead atoms. The van der Waals surface area contributed by atoms with Gasteiger partial charge < -0.3 is 14.4 Å². The molecule has 6 heteroatoms.